The van der Waals surface area contributed by atoms with Gasteiger partial charge in [-0.1, -0.05) is 42.1 Å². The topological polar surface area (TPSA) is 49.0 Å². The van der Waals surface area contributed by atoms with E-state index in [-0.39, 0.29) is 5.91 Å². The Kier molecular flexibility index (Phi) is 5.67. The Morgan fingerprint density at radius 3 is 2.78 bits per heavy atom. The molecule has 1 N–H and O–H groups in total. The number of aromatic amines is 1. The normalized spacial score (nSPS) is 14.9. The average Bonchev–Trinajstić information content (AvgIpc) is 2.94. The summed E-state index contributed by atoms with van der Waals surface area (Å²) in [6.45, 7) is 3.79. The Hall–Kier alpha value is -1.40. The number of hydrogen-bond donors (Lipinski definition) is 1. The maximum Gasteiger partial charge on any atom is 0.233 e. The summed E-state index contributed by atoms with van der Waals surface area (Å²) in [6.07, 6.45) is 0.820. The highest BCUT2D eigenvalue weighted by Crippen LogP contribution is 2.20. The van der Waals surface area contributed by atoms with Crippen LogP contribution in [0.5, 0.6) is 0 Å². The van der Waals surface area contributed by atoms with E-state index in [1.165, 1.54) is 17.3 Å². The molecule has 1 aliphatic rings. The van der Waals surface area contributed by atoms with Crippen molar-refractivity contribution in [2.24, 2.45) is 0 Å². The molecule has 2 aromatic rings. The lowest BCUT2D eigenvalue weighted by molar-refractivity contribution is -0.127. The average molecular weight is 348 g/mol. The van der Waals surface area contributed by atoms with Crippen molar-refractivity contribution in [1.82, 2.24) is 14.9 Å². The van der Waals surface area contributed by atoms with Crippen molar-refractivity contribution < 1.29 is 4.79 Å². The van der Waals surface area contributed by atoms with Crippen LogP contribution in [-0.4, -0.2) is 51.1 Å². The summed E-state index contributed by atoms with van der Waals surface area (Å²) in [5.41, 5.74) is 3.39. The number of aromatic nitrogens is 2. The van der Waals surface area contributed by atoms with Gasteiger partial charge in [0.05, 0.1) is 11.4 Å². The lowest BCUT2D eigenvalue weighted by atomic mass is 10.1. The first kappa shape index (κ1) is 16.5. The molecular weight excluding hydrogens is 326 g/mol. The number of nitrogens with zero attached hydrogens (tertiary/aromatic N) is 2. The fourth-order valence-corrected chi connectivity index (χ4v) is 4.28. The van der Waals surface area contributed by atoms with Crippen LogP contribution in [0, 0.1) is 6.92 Å². The van der Waals surface area contributed by atoms with Gasteiger partial charge in [0.15, 0.2) is 5.16 Å². The van der Waals surface area contributed by atoms with Crippen LogP contribution in [0.4, 0.5) is 0 Å². The van der Waals surface area contributed by atoms with Crippen molar-refractivity contribution in [3.05, 3.63) is 47.3 Å². The number of carbonyl (C=O) groups is 1. The summed E-state index contributed by atoms with van der Waals surface area (Å²) in [6, 6.07) is 10.3. The molecule has 0 saturated carbocycles. The van der Waals surface area contributed by atoms with E-state index < -0.39 is 0 Å². The highest BCUT2D eigenvalue weighted by molar-refractivity contribution is 7.99. The van der Waals surface area contributed by atoms with Crippen LogP contribution >= 0.6 is 23.5 Å². The van der Waals surface area contributed by atoms with Gasteiger partial charge in [0, 0.05) is 36.7 Å². The number of aryl methyl sites for hydroxylation is 1. The molecule has 4 nitrogen and oxygen atoms in total. The number of benzene rings is 1. The minimum atomic E-state index is 0.217. The molecule has 122 valence electrons. The third-order valence-electron chi connectivity index (χ3n) is 3.87. The van der Waals surface area contributed by atoms with E-state index in [9.17, 15) is 4.79 Å². The Morgan fingerprint density at radius 1 is 1.30 bits per heavy atom. The third kappa shape index (κ3) is 4.54. The molecule has 0 spiro atoms. The highest BCUT2D eigenvalue weighted by atomic mass is 32.2. The molecule has 0 radical (unpaired) electrons. The summed E-state index contributed by atoms with van der Waals surface area (Å²) in [5.74, 6) is 2.78. The Balaban J connectivity index is 1.56. The van der Waals surface area contributed by atoms with Gasteiger partial charge in [-0.3, -0.25) is 4.79 Å². The smallest absolute Gasteiger partial charge is 0.233 e. The minimum Gasteiger partial charge on any atom is -0.340 e. The van der Waals surface area contributed by atoms with Gasteiger partial charge in [0.2, 0.25) is 5.91 Å². The van der Waals surface area contributed by atoms with E-state index in [0.29, 0.717) is 5.75 Å². The lowest BCUT2D eigenvalue weighted by Gasteiger charge is -2.26. The zero-order chi connectivity index (χ0) is 16.1. The van der Waals surface area contributed by atoms with Crippen LogP contribution in [0.15, 0.2) is 35.5 Å². The highest BCUT2D eigenvalue weighted by Gasteiger charge is 2.17. The number of H-pyrrole nitrogens is 1. The molecule has 0 atom stereocenters. The fraction of sp³-hybridized carbons (Fsp3) is 0.412. The van der Waals surface area contributed by atoms with Gasteiger partial charge in [0.1, 0.15) is 0 Å². The predicted molar refractivity (Wildman–Crippen MR) is 97.2 cm³/mol. The van der Waals surface area contributed by atoms with Crippen molar-refractivity contribution >= 4 is 29.4 Å². The summed E-state index contributed by atoms with van der Waals surface area (Å²) in [5, 5.41) is 0.841. The first-order chi connectivity index (χ1) is 11.2. The molecular formula is C17H21N3OS2. The quantitative estimate of drug-likeness (QED) is 0.845. The number of hydrogen-bond acceptors (Lipinski definition) is 4. The number of amides is 1. The minimum absolute atomic E-state index is 0.217. The van der Waals surface area contributed by atoms with Crippen LogP contribution in [-0.2, 0) is 11.2 Å². The van der Waals surface area contributed by atoms with Crippen molar-refractivity contribution in [2.75, 3.05) is 30.3 Å². The van der Waals surface area contributed by atoms with E-state index in [0.717, 1.165) is 47.6 Å². The van der Waals surface area contributed by atoms with Gasteiger partial charge in [-0.2, -0.15) is 11.8 Å². The van der Waals surface area contributed by atoms with Gasteiger partial charge in [-0.05, 0) is 12.5 Å². The molecule has 6 heteroatoms. The Morgan fingerprint density at radius 2 is 2.04 bits per heavy atom. The molecule has 1 fully saturated rings. The second-order valence-electron chi connectivity index (χ2n) is 5.56. The summed E-state index contributed by atoms with van der Waals surface area (Å²) >= 11 is 3.42. The van der Waals surface area contributed by atoms with Crippen LogP contribution in [0.3, 0.4) is 0 Å². The molecule has 0 unspecified atom stereocenters. The van der Waals surface area contributed by atoms with E-state index in [1.807, 2.05) is 41.8 Å². The first-order valence-electron chi connectivity index (χ1n) is 7.80. The number of rotatable bonds is 5. The second kappa shape index (κ2) is 7.93. The predicted octanol–water partition coefficient (Wildman–Crippen LogP) is 2.98. The van der Waals surface area contributed by atoms with Crippen molar-refractivity contribution in [1.29, 1.82) is 0 Å². The summed E-state index contributed by atoms with van der Waals surface area (Å²) in [4.78, 5) is 22.1. The SMILES string of the molecule is Cc1[nH]c(SCC(=O)N2CCSCC2)nc1Cc1ccccc1. The molecule has 0 bridgehead atoms. The van der Waals surface area contributed by atoms with Crippen LogP contribution in [0.25, 0.3) is 0 Å². The van der Waals surface area contributed by atoms with Gasteiger partial charge in [-0.15, -0.1) is 0 Å². The van der Waals surface area contributed by atoms with Gasteiger partial charge < -0.3 is 9.88 Å². The first-order valence-corrected chi connectivity index (χ1v) is 9.94. The van der Waals surface area contributed by atoms with Gasteiger partial charge in [0.25, 0.3) is 0 Å². The Bertz CT molecular complexity index is 651. The molecule has 3 rings (SSSR count). The van der Waals surface area contributed by atoms with E-state index in [1.54, 1.807) is 0 Å². The number of thioether (sulfide) groups is 2. The molecule has 0 aliphatic carbocycles. The molecule has 23 heavy (non-hydrogen) atoms. The van der Waals surface area contributed by atoms with Crippen molar-refractivity contribution in [3.8, 4) is 0 Å². The zero-order valence-corrected chi connectivity index (χ0v) is 14.9. The van der Waals surface area contributed by atoms with E-state index in [2.05, 4.69) is 22.1 Å². The molecule has 1 saturated heterocycles. The van der Waals surface area contributed by atoms with E-state index in [4.69, 9.17) is 0 Å². The van der Waals surface area contributed by atoms with Gasteiger partial charge in [-0.25, -0.2) is 4.98 Å². The second-order valence-corrected chi connectivity index (χ2v) is 7.75. The number of imidazole rings is 1. The molecule has 1 aliphatic heterocycles. The zero-order valence-electron chi connectivity index (χ0n) is 13.2. The van der Waals surface area contributed by atoms with E-state index >= 15 is 0 Å². The molecule has 1 aromatic carbocycles. The molecule has 1 aromatic heterocycles. The van der Waals surface area contributed by atoms with Crippen LogP contribution < -0.4 is 0 Å². The Labute approximate surface area is 145 Å². The monoisotopic (exact) mass is 347 g/mol. The van der Waals surface area contributed by atoms with Crippen molar-refractivity contribution in [3.63, 3.8) is 0 Å². The third-order valence-corrected chi connectivity index (χ3v) is 5.67. The summed E-state index contributed by atoms with van der Waals surface area (Å²) < 4.78 is 0. The maximum atomic E-state index is 12.2. The van der Waals surface area contributed by atoms with Crippen LogP contribution in [0.2, 0.25) is 0 Å². The number of carbonyl (C=O) groups excluding carboxylic acids is 1. The van der Waals surface area contributed by atoms with Gasteiger partial charge >= 0.3 is 0 Å². The van der Waals surface area contributed by atoms with Crippen molar-refractivity contribution in [2.45, 2.75) is 18.5 Å². The molecule has 2 heterocycles. The lowest BCUT2D eigenvalue weighted by Crippen LogP contribution is -2.38. The molecule has 1 amide bonds. The van der Waals surface area contributed by atoms with Crippen LogP contribution in [0.1, 0.15) is 17.0 Å². The summed E-state index contributed by atoms with van der Waals surface area (Å²) in [7, 11) is 0. The standard InChI is InChI=1S/C17H21N3OS2/c1-13-15(11-14-5-3-2-4-6-14)19-17(18-13)23-12-16(21)20-7-9-22-10-8-20/h2-6H,7-12H2,1H3,(H,18,19). The maximum absolute atomic E-state index is 12.2. The number of nitrogens with one attached hydrogen (secondary N) is 1. The largest absolute Gasteiger partial charge is 0.340 e. The fourth-order valence-electron chi connectivity index (χ4n) is 2.53.